The van der Waals surface area contributed by atoms with Crippen molar-refractivity contribution in [2.45, 2.75) is 9.83 Å². The van der Waals surface area contributed by atoms with Gasteiger partial charge in [-0.3, -0.25) is 0 Å². The van der Waals surface area contributed by atoms with Crippen LogP contribution in [0.25, 0.3) is 6.08 Å². The Morgan fingerprint density at radius 1 is 1.22 bits per heavy atom. The third kappa shape index (κ3) is 3.65. The second-order valence-electron chi connectivity index (χ2n) is 3.96. The topological polar surface area (TPSA) is 9.23 Å². The van der Waals surface area contributed by atoms with Gasteiger partial charge in [-0.15, -0.1) is 35.3 Å². The molecular formula is C14H18OS3. The first-order chi connectivity index (χ1) is 8.78. The minimum Gasteiger partial charge on any atom is -0.497 e. The van der Waals surface area contributed by atoms with Crippen LogP contribution in [-0.2, 0) is 0 Å². The zero-order valence-electron chi connectivity index (χ0n) is 10.7. The molecule has 0 aliphatic carbocycles. The molecular weight excluding hydrogens is 280 g/mol. The molecule has 1 aliphatic rings. The second kappa shape index (κ2) is 6.83. The van der Waals surface area contributed by atoms with Gasteiger partial charge in [-0.1, -0.05) is 18.2 Å². The van der Waals surface area contributed by atoms with Crippen LogP contribution in [0, 0.1) is 0 Å². The van der Waals surface area contributed by atoms with Crippen LogP contribution in [0.1, 0.15) is 12.0 Å². The fourth-order valence-corrected chi connectivity index (χ4v) is 5.86. The van der Waals surface area contributed by atoms with E-state index in [2.05, 4.69) is 54.1 Å². The maximum atomic E-state index is 5.17. The van der Waals surface area contributed by atoms with Crippen LogP contribution in [0.4, 0.5) is 0 Å². The summed E-state index contributed by atoms with van der Waals surface area (Å²) in [5.41, 5.74) is 1.23. The van der Waals surface area contributed by atoms with Crippen molar-refractivity contribution < 1.29 is 4.74 Å². The molecule has 0 N–H and O–H groups in total. The zero-order chi connectivity index (χ0) is 12.8. The van der Waals surface area contributed by atoms with E-state index in [0.29, 0.717) is 0 Å². The molecule has 18 heavy (non-hydrogen) atoms. The smallest absolute Gasteiger partial charge is 0.125 e. The van der Waals surface area contributed by atoms with Crippen molar-refractivity contribution in [3.8, 4) is 5.75 Å². The Kier molecular flexibility index (Phi) is 5.39. The molecule has 1 nitrogen and oxygen atoms in total. The van der Waals surface area contributed by atoms with Crippen molar-refractivity contribution in [1.82, 2.24) is 0 Å². The van der Waals surface area contributed by atoms with Gasteiger partial charge in [0.2, 0.25) is 0 Å². The Balaban J connectivity index is 2.07. The Labute approximate surface area is 122 Å². The lowest BCUT2D eigenvalue weighted by Gasteiger charge is -2.31. The number of hydrogen-bond acceptors (Lipinski definition) is 4. The van der Waals surface area contributed by atoms with E-state index in [-0.39, 0.29) is 3.41 Å². The molecule has 1 fully saturated rings. The Bertz CT molecular complexity index is 394. The maximum Gasteiger partial charge on any atom is 0.125 e. The molecule has 0 unspecified atom stereocenters. The molecule has 4 heteroatoms. The summed E-state index contributed by atoms with van der Waals surface area (Å²) in [6, 6.07) is 8.21. The van der Waals surface area contributed by atoms with E-state index >= 15 is 0 Å². The Morgan fingerprint density at radius 3 is 2.44 bits per heavy atom. The molecule has 0 atom stereocenters. The van der Waals surface area contributed by atoms with Gasteiger partial charge in [0.05, 0.1) is 7.11 Å². The molecule has 1 aromatic rings. The van der Waals surface area contributed by atoms with Gasteiger partial charge in [0.1, 0.15) is 9.16 Å². The quantitative estimate of drug-likeness (QED) is 0.803. The molecule has 1 aliphatic heterocycles. The summed E-state index contributed by atoms with van der Waals surface area (Å²) in [7, 11) is 1.70. The average Bonchev–Trinajstić information content (AvgIpc) is 2.47. The number of rotatable bonds is 4. The third-order valence-electron chi connectivity index (χ3n) is 2.78. The normalized spacial score (nSPS) is 19.0. The highest BCUT2D eigenvalue weighted by Crippen LogP contribution is 2.50. The summed E-state index contributed by atoms with van der Waals surface area (Å²) >= 11 is 6.04. The van der Waals surface area contributed by atoms with E-state index in [0.717, 1.165) is 5.75 Å². The van der Waals surface area contributed by atoms with Crippen LogP contribution >= 0.6 is 35.3 Å². The summed E-state index contributed by atoms with van der Waals surface area (Å²) in [5, 5.41) is 0. The summed E-state index contributed by atoms with van der Waals surface area (Å²) in [6.45, 7) is 0. The van der Waals surface area contributed by atoms with E-state index in [1.807, 2.05) is 23.9 Å². The first-order valence-corrected chi connectivity index (χ1v) is 9.14. The molecule has 0 amide bonds. The van der Waals surface area contributed by atoms with E-state index in [1.165, 1.54) is 23.5 Å². The SMILES string of the molecule is COc1ccc(/C=C/C2(SC)SCCCS2)cc1. The van der Waals surface area contributed by atoms with Gasteiger partial charge in [-0.25, -0.2) is 0 Å². The number of hydrogen-bond donors (Lipinski definition) is 0. The maximum absolute atomic E-state index is 5.17. The largest absolute Gasteiger partial charge is 0.497 e. The van der Waals surface area contributed by atoms with E-state index in [1.54, 1.807) is 7.11 Å². The van der Waals surface area contributed by atoms with E-state index in [4.69, 9.17) is 4.74 Å². The van der Waals surface area contributed by atoms with Crippen molar-refractivity contribution in [3.63, 3.8) is 0 Å². The summed E-state index contributed by atoms with van der Waals surface area (Å²) in [5.74, 6) is 3.44. The Morgan fingerprint density at radius 2 is 1.89 bits per heavy atom. The molecule has 0 spiro atoms. The lowest BCUT2D eigenvalue weighted by atomic mass is 10.2. The molecule has 0 bridgehead atoms. The monoisotopic (exact) mass is 298 g/mol. The van der Waals surface area contributed by atoms with Gasteiger partial charge in [0.25, 0.3) is 0 Å². The molecule has 0 saturated carbocycles. The number of thioether (sulfide) groups is 3. The van der Waals surface area contributed by atoms with E-state index < -0.39 is 0 Å². The first-order valence-electron chi connectivity index (χ1n) is 5.94. The molecule has 1 aromatic carbocycles. The van der Waals surface area contributed by atoms with E-state index in [9.17, 15) is 0 Å². The zero-order valence-corrected chi connectivity index (χ0v) is 13.2. The predicted octanol–water partition coefficient (Wildman–Crippen LogP) is 4.60. The van der Waals surface area contributed by atoms with Crippen LogP contribution < -0.4 is 4.74 Å². The van der Waals surface area contributed by atoms with Gasteiger partial charge in [-0.05, 0) is 48.0 Å². The number of methoxy groups -OCH3 is 1. The summed E-state index contributed by atoms with van der Waals surface area (Å²) in [6.07, 6.45) is 8.09. The van der Waals surface area contributed by atoms with Crippen LogP contribution in [0.2, 0.25) is 0 Å². The summed E-state index contributed by atoms with van der Waals surface area (Å²) < 4.78 is 5.37. The predicted molar refractivity (Wildman–Crippen MR) is 87.8 cm³/mol. The molecule has 0 radical (unpaired) electrons. The highest BCUT2D eigenvalue weighted by Gasteiger charge is 2.29. The van der Waals surface area contributed by atoms with Gasteiger partial charge >= 0.3 is 0 Å². The molecule has 0 aromatic heterocycles. The van der Waals surface area contributed by atoms with Crippen LogP contribution in [0.15, 0.2) is 30.3 Å². The van der Waals surface area contributed by atoms with Crippen molar-refractivity contribution in [3.05, 3.63) is 35.9 Å². The molecule has 98 valence electrons. The standard InChI is InChI=1S/C14H18OS3/c1-15-13-6-4-12(5-7-13)8-9-14(16-2)17-10-3-11-18-14/h4-9H,3,10-11H2,1-2H3/b9-8+. The molecule has 2 rings (SSSR count). The highest BCUT2D eigenvalue weighted by atomic mass is 32.3. The average molecular weight is 298 g/mol. The van der Waals surface area contributed by atoms with Gasteiger partial charge in [-0.2, -0.15) is 0 Å². The van der Waals surface area contributed by atoms with Gasteiger partial charge in [0.15, 0.2) is 0 Å². The van der Waals surface area contributed by atoms with Crippen LogP contribution in [0.3, 0.4) is 0 Å². The van der Waals surface area contributed by atoms with Crippen molar-refractivity contribution in [2.75, 3.05) is 24.9 Å². The first kappa shape index (κ1) is 14.2. The van der Waals surface area contributed by atoms with Gasteiger partial charge in [0, 0.05) is 0 Å². The second-order valence-corrected chi connectivity index (χ2v) is 8.47. The van der Waals surface area contributed by atoms with Gasteiger partial charge < -0.3 is 4.74 Å². The number of ether oxygens (including phenoxy) is 1. The fraction of sp³-hybridized carbons (Fsp3) is 0.429. The number of benzene rings is 1. The Hall–Kier alpha value is -0.190. The third-order valence-corrected chi connectivity index (χ3v) is 7.96. The van der Waals surface area contributed by atoms with Crippen molar-refractivity contribution in [1.29, 1.82) is 0 Å². The van der Waals surface area contributed by atoms with Crippen molar-refractivity contribution >= 4 is 41.4 Å². The minimum absolute atomic E-state index is 0.207. The van der Waals surface area contributed by atoms with Crippen molar-refractivity contribution in [2.24, 2.45) is 0 Å². The lowest BCUT2D eigenvalue weighted by Crippen LogP contribution is -2.17. The van der Waals surface area contributed by atoms with Crippen LogP contribution in [-0.4, -0.2) is 28.3 Å². The molecule has 1 heterocycles. The lowest BCUT2D eigenvalue weighted by molar-refractivity contribution is 0.415. The fourth-order valence-electron chi connectivity index (χ4n) is 1.72. The summed E-state index contributed by atoms with van der Waals surface area (Å²) in [4.78, 5) is 0. The minimum atomic E-state index is 0.207. The molecule has 1 saturated heterocycles. The van der Waals surface area contributed by atoms with Crippen LogP contribution in [0.5, 0.6) is 5.75 Å². The highest BCUT2D eigenvalue weighted by molar-refractivity contribution is 8.34.